The predicted molar refractivity (Wildman–Crippen MR) is 107 cm³/mol. The third kappa shape index (κ3) is 4.35. The third-order valence-electron chi connectivity index (χ3n) is 4.02. The lowest BCUT2D eigenvalue weighted by atomic mass is 10.1. The summed E-state index contributed by atoms with van der Waals surface area (Å²) >= 11 is 0. The molecule has 0 aliphatic rings. The van der Waals surface area contributed by atoms with Gasteiger partial charge in [-0.05, 0) is 29.7 Å². The van der Waals surface area contributed by atoms with Crippen LogP contribution in [0.1, 0.15) is 30.9 Å². The summed E-state index contributed by atoms with van der Waals surface area (Å²) in [5.74, 6) is 1.47. The molecule has 0 bridgehead atoms. The molecular formula is C21H24N4. The molecule has 4 nitrogen and oxygen atoms in total. The number of rotatable bonds is 7. The summed E-state index contributed by atoms with van der Waals surface area (Å²) in [7, 11) is 1.89. The lowest BCUT2D eigenvalue weighted by Crippen LogP contribution is -2.06. The van der Waals surface area contributed by atoms with E-state index in [0.29, 0.717) is 12.5 Å². The first-order valence-corrected chi connectivity index (χ1v) is 8.74. The van der Waals surface area contributed by atoms with Crippen LogP contribution >= 0.6 is 0 Å². The number of hydrogen-bond acceptors (Lipinski definition) is 4. The van der Waals surface area contributed by atoms with E-state index < -0.39 is 0 Å². The molecule has 0 saturated carbocycles. The van der Waals surface area contributed by atoms with Gasteiger partial charge in [0.15, 0.2) is 0 Å². The van der Waals surface area contributed by atoms with E-state index >= 15 is 0 Å². The van der Waals surface area contributed by atoms with Gasteiger partial charge in [0.05, 0.1) is 5.52 Å². The van der Waals surface area contributed by atoms with E-state index in [4.69, 9.17) is 0 Å². The van der Waals surface area contributed by atoms with Gasteiger partial charge in [0.25, 0.3) is 0 Å². The molecule has 3 aromatic rings. The summed E-state index contributed by atoms with van der Waals surface area (Å²) in [5, 5.41) is 7.53. The van der Waals surface area contributed by atoms with Gasteiger partial charge in [0, 0.05) is 19.0 Å². The fraction of sp³-hybridized carbons (Fsp3) is 0.238. The van der Waals surface area contributed by atoms with Gasteiger partial charge in [0.1, 0.15) is 5.82 Å². The van der Waals surface area contributed by atoms with Crippen molar-refractivity contribution in [2.75, 3.05) is 17.7 Å². The van der Waals surface area contributed by atoms with Crippen LogP contribution in [0.3, 0.4) is 0 Å². The molecular weight excluding hydrogens is 308 g/mol. The number of unbranched alkanes of at least 4 members (excludes halogenated alkanes) is 1. The lowest BCUT2D eigenvalue weighted by molar-refractivity contribution is 0.962. The molecule has 0 unspecified atom stereocenters. The maximum absolute atomic E-state index is 4.65. The summed E-state index contributed by atoms with van der Waals surface area (Å²) in [5.41, 5.74) is 3.31. The van der Waals surface area contributed by atoms with Crippen molar-refractivity contribution in [1.29, 1.82) is 0 Å². The van der Waals surface area contributed by atoms with Crippen molar-refractivity contribution in [1.82, 2.24) is 9.97 Å². The van der Waals surface area contributed by atoms with Crippen molar-refractivity contribution in [3.63, 3.8) is 0 Å². The van der Waals surface area contributed by atoms with Crippen molar-refractivity contribution in [2.24, 2.45) is 0 Å². The molecule has 3 rings (SSSR count). The topological polar surface area (TPSA) is 49.8 Å². The second-order valence-electron chi connectivity index (χ2n) is 5.95. The van der Waals surface area contributed by atoms with Crippen molar-refractivity contribution in [3.8, 4) is 0 Å². The highest BCUT2D eigenvalue weighted by molar-refractivity contribution is 5.91. The van der Waals surface area contributed by atoms with Gasteiger partial charge in [-0.2, -0.15) is 4.98 Å². The summed E-state index contributed by atoms with van der Waals surface area (Å²) in [4.78, 5) is 9.26. The normalized spacial score (nSPS) is 11.1. The molecule has 0 amide bonds. The predicted octanol–water partition coefficient (Wildman–Crippen LogP) is 5.10. The average molecular weight is 332 g/mol. The Hall–Kier alpha value is -2.88. The first-order valence-electron chi connectivity index (χ1n) is 8.74. The Morgan fingerprint density at radius 2 is 1.88 bits per heavy atom. The number of nitrogens with zero attached hydrogens (tertiary/aromatic N) is 2. The summed E-state index contributed by atoms with van der Waals surface area (Å²) < 4.78 is 0. The first-order chi connectivity index (χ1) is 12.3. The maximum atomic E-state index is 4.65. The second-order valence-corrected chi connectivity index (χ2v) is 5.95. The Balaban J connectivity index is 1.85. The highest BCUT2D eigenvalue weighted by atomic mass is 15.1. The van der Waals surface area contributed by atoms with Crippen molar-refractivity contribution < 1.29 is 0 Å². The number of nitrogens with one attached hydrogen (secondary N) is 2. The summed E-state index contributed by atoms with van der Waals surface area (Å²) in [6.45, 7) is 2.88. The molecule has 0 aliphatic heterocycles. The minimum Gasteiger partial charge on any atom is -0.372 e. The zero-order valence-corrected chi connectivity index (χ0v) is 14.8. The summed E-state index contributed by atoms with van der Waals surface area (Å²) in [6.07, 6.45) is 6.61. The molecule has 0 atom stereocenters. The Bertz CT molecular complexity index is 856. The van der Waals surface area contributed by atoms with Gasteiger partial charge in [-0.15, -0.1) is 0 Å². The Labute approximate surface area is 149 Å². The molecule has 25 heavy (non-hydrogen) atoms. The van der Waals surface area contributed by atoms with Crippen LogP contribution < -0.4 is 10.6 Å². The number of hydrogen-bond donors (Lipinski definition) is 2. The second kappa shape index (κ2) is 8.29. The van der Waals surface area contributed by atoms with Gasteiger partial charge < -0.3 is 10.6 Å². The molecule has 1 aromatic heterocycles. The molecule has 0 radical (unpaired) electrons. The molecule has 0 saturated heterocycles. The van der Waals surface area contributed by atoms with Gasteiger partial charge in [-0.3, -0.25) is 0 Å². The number of anilines is 2. The quantitative estimate of drug-likeness (QED) is 0.632. The van der Waals surface area contributed by atoms with E-state index in [2.05, 4.69) is 70.0 Å². The average Bonchev–Trinajstić information content (AvgIpc) is 2.67. The minimum atomic E-state index is 0.634. The Kier molecular flexibility index (Phi) is 5.62. The fourth-order valence-electron chi connectivity index (χ4n) is 2.68. The van der Waals surface area contributed by atoms with Crippen LogP contribution in [0.2, 0.25) is 0 Å². The molecule has 2 N–H and O–H groups in total. The van der Waals surface area contributed by atoms with Crippen molar-refractivity contribution in [3.05, 3.63) is 65.7 Å². The van der Waals surface area contributed by atoms with Gasteiger partial charge in [0.2, 0.25) is 5.95 Å². The van der Waals surface area contributed by atoms with E-state index in [1.165, 1.54) is 11.1 Å². The smallest absolute Gasteiger partial charge is 0.225 e. The van der Waals surface area contributed by atoms with Crippen LogP contribution in [0, 0.1) is 0 Å². The standard InChI is InChI=1S/C21H24N4/c1-3-4-6-9-16-12-13-19-18(14-16)20(22-2)25-21(24-19)23-15-17-10-7-5-8-11-17/h5-14H,3-4,15H2,1-2H3,(H2,22,23,24,25)/b9-6+. The monoisotopic (exact) mass is 332 g/mol. The van der Waals surface area contributed by atoms with E-state index in [1.54, 1.807) is 0 Å². The van der Waals surface area contributed by atoms with Crippen LogP contribution in [0.5, 0.6) is 0 Å². The van der Waals surface area contributed by atoms with E-state index in [9.17, 15) is 0 Å². The number of fused-ring (bicyclic) bond motifs is 1. The highest BCUT2D eigenvalue weighted by Gasteiger charge is 2.07. The highest BCUT2D eigenvalue weighted by Crippen LogP contribution is 2.24. The van der Waals surface area contributed by atoms with Crippen LogP contribution in [0.15, 0.2) is 54.6 Å². The van der Waals surface area contributed by atoms with Crippen LogP contribution in [-0.2, 0) is 6.54 Å². The maximum Gasteiger partial charge on any atom is 0.225 e. The van der Waals surface area contributed by atoms with Crippen molar-refractivity contribution in [2.45, 2.75) is 26.3 Å². The summed E-state index contributed by atoms with van der Waals surface area (Å²) in [6, 6.07) is 16.5. The zero-order chi connectivity index (χ0) is 17.5. The molecule has 0 aliphatic carbocycles. The zero-order valence-electron chi connectivity index (χ0n) is 14.8. The van der Waals surface area contributed by atoms with E-state index in [1.807, 2.05) is 25.2 Å². The number of aromatic nitrogens is 2. The van der Waals surface area contributed by atoms with Gasteiger partial charge >= 0.3 is 0 Å². The Morgan fingerprint density at radius 1 is 1.04 bits per heavy atom. The fourth-order valence-corrected chi connectivity index (χ4v) is 2.68. The molecule has 1 heterocycles. The van der Waals surface area contributed by atoms with Crippen molar-refractivity contribution >= 4 is 28.7 Å². The first kappa shape index (κ1) is 17.0. The molecule has 128 valence electrons. The van der Waals surface area contributed by atoms with Crippen LogP contribution in [0.25, 0.3) is 17.0 Å². The van der Waals surface area contributed by atoms with E-state index in [-0.39, 0.29) is 0 Å². The van der Waals surface area contributed by atoms with Crippen LogP contribution in [0.4, 0.5) is 11.8 Å². The van der Waals surface area contributed by atoms with Gasteiger partial charge in [-0.25, -0.2) is 4.98 Å². The van der Waals surface area contributed by atoms with Gasteiger partial charge in [-0.1, -0.05) is 61.9 Å². The number of benzene rings is 2. The molecule has 0 spiro atoms. The largest absolute Gasteiger partial charge is 0.372 e. The molecule has 2 aromatic carbocycles. The molecule has 0 fully saturated rings. The SMILES string of the molecule is CCC/C=C/c1ccc2nc(NCc3ccccc3)nc(NC)c2c1. The minimum absolute atomic E-state index is 0.634. The number of allylic oxidation sites excluding steroid dienone is 1. The Morgan fingerprint density at radius 3 is 2.64 bits per heavy atom. The third-order valence-corrected chi connectivity index (χ3v) is 4.02. The van der Waals surface area contributed by atoms with E-state index in [0.717, 1.165) is 29.6 Å². The lowest BCUT2D eigenvalue weighted by Gasteiger charge is -2.10. The van der Waals surface area contributed by atoms with Crippen LogP contribution in [-0.4, -0.2) is 17.0 Å². The molecule has 4 heteroatoms.